The summed E-state index contributed by atoms with van der Waals surface area (Å²) in [6, 6.07) is 6.71. The number of aliphatic hydroxyl groups is 1. The Balaban J connectivity index is 1.62. The lowest BCUT2D eigenvalue weighted by Crippen LogP contribution is -2.47. The maximum Gasteiger partial charge on any atom is 0.0924 e. The van der Waals surface area contributed by atoms with E-state index in [1.165, 1.54) is 64.2 Å². The van der Waals surface area contributed by atoms with E-state index in [0.717, 1.165) is 10.9 Å². The van der Waals surface area contributed by atoms with Crippen LogP contribution in [0.15, 0.2) is 24.4 Å². The summed E-state index contributed by atoms with van der Waals surface area (Å²) in [7, 11) is 0. The van der Waals surface area contributed by atoms with Gasteiger partial charge >= 0.3 is 0 Å². The number of hydrogen-bond donors (Lipinski definition) is 1. The minimum atomic E-state index is -0.566. The molecule has 4 rings (SSSR count). The van der Waals surface area contributed by atoms with E-state index in [-0.39, 0.29) is 0 Å². The molecule has 2 aliphatic rings. The maximum atomic E-state index is 11.3. The number of pyridine rings is 1. The molecule has 0 saturated heterocycles. The van der Waals surface area contributed by atoms with Gasteiger partial charge in [-0.1, -0.05) is 61.7 Å². The van der Waals surface area contributed by atoms with Gasteiger partial charge in [0.05, 0.1) is 16.6 Å². The predicted molar refractivity (Wildman–Crippen MR) is 117 cm³/mol. The second-order valence-corrected chi connectivity index (χ2v) is 9.32. The van der Waals surface area contributed by atoms with Crippen LogP contribution in [0, 0.1) is 0 Å². The SMILES string of the molecule is O[C@H](CN(C1CCCCC1)C1CCCCC1)c1ccnc2c(Cl)cc(Cl)cc12. The van der Waals surface area contributed by atoms with Crippen LogP contribution in [-0.4, -0.2) is 33.6 Å². The normalized spacial score (nSPS) is 20.7. The molecule has 0 bridgehead atoms. The molecule has 0 aliphatic heterocycles. The van der Waals surface area contributed by atoms with Crippen molar-refractivity contribution in [2.75, 3.05) is 6.54 Å². The van der Waals surface area contributed by atoms with E-state index in [0.29, 0.717) is 34.2 Å². The molecule has 2 aromatic rings. The molecule has 3 nitrogen and oxygen atoms in total. The molecule has 5 heteroatoms. The van der Waals surface area contributed by atoms with Gasteiger partial charge in [-0.2, -0.15) is 0 Å². The number of hydrogen-bond acceptors (Lipinski definition) is 3. The van der Waals surface area contributed by atoms with E-state index in [1.807, 2.05) is 12.1 Å². The molecule has 1 aromatic heterocycles. The Bertz CT molecular complexity index is 783. The van der Waals surface area contributed by atoms with Crippen molar-refractivity contribution in [1.82, 2.24) is 9.88 Å². The summed E-state index contributed by atoms with van der Waals surface area (Å²) < 4.78 is 0. The van der Waals surface area contributed by atoms with Gasteiger partial charge in [0.2, 0.25) is 0 Å². The van der Waals surface area contributed by atoms with Crippen molar-refractivity contribution in [3.63, 3.8) is 0 Å². The standard InChI is InChI=1S/C23H30Cl2N2O/c24-16-13-20-19(11-12-26-23(20)21(25)14-16)22(28)15-27(17-7-3-1-4-8-17)18-9-5-2-6-10-18/h11-14,17-18,22,28H,1-10,15H2/t22-/m1/s1. The van der Waals surface area contributed by atoms with E-state index < -0.39 is 6.10 Å². The number of nitrogens with zero attached hydrogens (tertiary/aromatic N) is 2. The van der Waals surface area contributed by atoms with Crippen LogP contribution in [0.1, 0.15) is 75.9 Å². The molecule has 0 unspecified atom stereocenters. The third kappa shape index (κ3) is 4.48. The van der Waals surface area contributed by atoms with Crippen LogP contribution < -0.4 is 0 Å². The molecule has 1 N–H and O–H groups in total. The zero-order valence-electron chi connectivity index (χ0n) is 16.4. The van der Waals surface area contributed by atoms with Crippen LogP contribution in [0.5, 0.6) is 0 Å². The number of rotatable bonds is 5. The quantitative estimate of drug-likeness (QED) is 0.595. The van der Waals surface area contributed by atoms with Crippen molar-refractivity contribution in [3.8, 4) is 0 Å². The van der Waals surface area contributed by atoms with Gasteiger partial charge in [-0.3, -0.25) is 9.88 Å². The number of aliphatic hydroxyl groups excluding tert-OH is 1. The van der Waals surface area contributed by atoms with Gasteiger partial charge in [0.15, 0.2) is 0 Å². The average Bonchev–Trinajstić information content (AvgIpc) is 2.72. The Morgan fingerprint density at radius 2 is 1.57 bits per heavy atom. The molecule has 0 radical (unpaired) electrons. The van der Waals surface area contributed by atoms with E-state index in [1.54, 1.807) is 12.3 Å². The van der Waals surface area contributed by atoms with Crippen LogP contribution in [0.2, 0.25) is 10.0 Å². The molecule has 1 aromatic carbocycles. The first kappa shape index (κ1) is 20.4. The lowest BCUT2D eigenvalue weighted by atomic mass is 9.88. The Labute approximate surface area is 178 Å². The van der Waals surface area contributed by atoms with Crippen molar-refractivity contribution in [1.29, 1.82) is 0 Å². The van der Waals surface area contributed by atoms with Crippen molar-refractivity contribution in [3.05, 3.63) is 40.0 Å². The largest absolute Gasteiger partial charge is 0.387 e. The fourth-order valence-corrected chi connectivity index (χ4v) is 5.75. The summed E-state index contributed by atoms with van der Waals surface area (Å²) in [6.07, 6.45) is 14.2. The smallest absolute Gasteiger partial charge is 0.0924 e. The zero-order chi connectivity index (χ0) is 19.5. The first-order valence-electron chi connectivity index (χ1n) is 10.8. The predicted octanol–water partition coefficient (Wildman–Crippen LogP) is 6.54. The van der Waals surface area contributed by atoms with Crippen LogP contribution in [-0.2, 0) is 0 Å². The summed E-state index contributed by atoms with van der Waals surface area (Å²) >= 11 is 12.6. The first-order chi connectivity index (χ1) is 13.6. The van der Waals surface area contributed by atoms with Crippen LogP contribution in [0.25, 0.3) is 10.9 Å². The summed E-state index contributed by atoms with van der Waals surface area (Å²) in [5, 5.41) is 13.3. The molecular weight excluding hydrogens is 391 g/mol. The van der Waals surface area contributed by atoms with Crippen molar-refractivity contribution < 1.29 is 5.11 Å². The van der Waals surface area contributed by atoms with Gasteiger partial charge in [-0.15, -0.1) is 0 Å². The number of halogens is 2. The first-order valence-corrected chi connectivity index (χ1v) is 11.6. The number of aromatic nitrogens is 1. The van der Waals surface area contributed by atoms with Crippen LogP contribution in [0.3, 0.4) is 0 Å². The highest BCUT2D eigenvalue weighted by Gasteiger charge is 2.31. The molecule has 1 atom stereocenters. The average molecular weight is 421 g/mol. The van der Waals surface area contributed by atoms with E-state index in [9.17, 15) is 5.11 Å². The number of fused-ring (bicyclic) bond motifs is 1. The highest BCUT2D eigenvalue weighted by atomic mass is 35.5. The Kier molecular flexibility index (Phi) is 6.78. The lowest BCUT2D eigenvalue weighted by molar-refractivity contribution is 0.0292. The molecule has 0 amide bonds. The van der Waals surface area contributed by atoms with Gasteiger partial charge in [0.1, 0.15) is 0 Å². The van der Waals surface area contributed by atoms with E-state index >= 15 is 0 Å². The summed E-state index contributed by atoms with van der Waals surface area (Å²) in [5.41, 5.74) is 1.59. The molecule has 1 heterocycles. The molecule has 0 spiro atoms. The van der Waals surface area contributed by atoms with Gasteiger partial charge in [-0.25, -0.2) is 0 Å². The van der Waals surface area contributed by atoms with E-state index in [4.69, 9.17) is 23.2 Å². The van der Waals surface area contributed by atoms with Crippen molar-refractivity contribution in [2.45, 2.75) is 82.4 Å². The molecule has 2 aliphatic carbocycles. The Morgan fingerprint density at radius 1 is 0.964 bits per heavy atom. The van der Waals surface area contributed by atoms with Gasteiger partial charge in [0.25, 0.3) is 0 Å². The van der Waals surface area contributed by atoms with Crippen molar-refractivity contribution >= 4 is 34.1 Å². The lowest BCUT2D eigenvalue weighted by Gasteiger charge is -2.42. The zero-order valence-corrected chi connectivity index (χ0v) is 17.9. The molecule has 2 saturated carbocycles. The summed E-state index contributed by atoms with van der Waals surface area (Å²) in [5.74, 6) is 0. The minimum Gasteiger partial charge on any atom is -0.387 e. The highest BCUT2D eigenvalue weighted by Crippen LogP contribution is 2.35. The second-order valence-electron chi connectivity index (χ2n) is 8.48. The Morgan fingerprint density at radius 3 is 2.18 bits per heavy atom. The van der Waals surface area contributed by atoms with Crippen LogP contribution >= 0.6 is 23.2 Å². The fourth-order valence-electron chi connectivity index (χ4n) is 5.21. The van der Waals surface area contributed by atoms with Gasteiger partial charge in [0, 0.05) is 35.2 Å². The summed E-state index contributed by atoms with van der Waals surface area (Å²) in [6.45, 7) is 0.679. The summed E-state index contributed by atoms with van der Waals surface area (Å²) in [4.78, 5) is 7.05. The van der Waals surface area contributed by atoms with Gasteiger partial charge < -0.3 is 5.11 Å². The van der Waals surface area contributed by atoms with Gasteiger partial charge in [-0.05, 0) is 49.4 Å². The number of benzene rings is 1. The second kappa shape index (κ2) is 9.30. The maximum absolute atomic E-state index is 11.3. The molecule has 2 fully saturated rings. The third-order valence-electron chi connectivity index (χ3n) is 6.63. The van der Waals surface area contributed by atoms with Crippen LogP contribution in [0.4, 0.5) is 0 Å². The fraction of sp³-hybridized carbons (Fsp3) is 0.609. The van der Waals surface area contributed by atoms with E-state index in [2.05, 4.69) is 9.88 Å². The van der Waals surface area contributed by atoms with Crippen molar-refractivity contribution in [2.24, 2.45) is 0 Å². The Hall–Kier alpha value is -0.870. The molecule has 152 valence electrons. The minimum absolute atomic E-state index is 0.535. The monoisotopic (exact) mass is 420 g/mol. The topological polar surface area (TPSA) is 36.4 Å². The highest BCUT2D eigenvalue weighted by molar-refractivity contribution is 6.38. The third-order valence-corrected chi connectivity index (χ3v) is 7.13. The molecule has 28 heavy (non-hydrogen) atoms. The molecular formula is C23H30Cl2N2O.